The highest BCUT2D eigenvalue weighted by atomic mass is 79.9. The molecule has 0 bridgehead atoms. The first-order valence-corrected chi connectivity index (χ1v) is 5.86. The van der Waals surface area contributed by atoms with Gasteiger partial charge in [-0.05, 0) is 6.42 Å². The first-order valence-electron chi connectivity index (χ1n) is 3.83. The average Bonchev–Trinajstić information content (AvgIpc) is 1.98. The zero-order valence-electron chi connectivity index (χ0n) is 6.45. The van der Waals surface area contributed by atoms with Crippen molar-refractivity contribution < 1.29 is 5.32 Å². The number of nitrogens with two attached hydrogens (primary N) is 1. The van der Waals surface area contributed by atoms with Crippen molar-refractivity contribution in [1.29, 1.82) is 0 Å². The van der Waals surface area contributed by atoms with Gasteiger partial charge in [0.15, 0.2) is 0 Å². The second kappa shape index (κ2) is 8.02. The maximum atomic E-state index is 3.55. The van der Waals surface area contributed by atoms with Gasteiger partial charge in [-0.25, -0.2) is 0 Å². The Morgan fingerprint density at radius 1 is 1.50 bits per heavy atom. The lowest BCUT2D eigenvalue weighted by atomic mass is 10.3. The predicted octanol–water partition coefficient (Wildman–Crippen LogP) is 1.51. The lowest BCUT2D eigenvalue weighted by molar-refractivity contribution is -0.653. The third-order valence-corrected chi connectivity index (χ3v) is 3.70. The van der Waals surface area contributed by atoms with E-state index in [9.17, 15) is 0 Å². The quantitative estimate of drug-likeness (QED) is 0.558. The molecule has 0 aromatic rings. The Hall–Kier alpha value is 0.920. The van der Waals surface area contributed by atoms with Gasteiger partial charge in [0.2, 0.25) is 0 Å². The molecule has 0 fully saturated rings. The molecule has 0 aliphatic carbocycles. The molecule has 0 aromatic carbocycles. The normalized spacial score (nSPS) is 13.5. The van der Waals surface area contributed by atoms with E-state index in [4.69, 9.17) is 0 Å². The molecule has 0 aliphatic rings. The Bertz CT molecular complexity index is 68.6. The van der Waals surface area contributed by atoms with Gasteiger partial charge in [-0.15, -0.1) is 0 Å². The van der Waals surface area contributed by atoms with E-state index in [0.717, 1.165) is 5.33 Å². The molecule has 0 saturated heterocycles. The monoisotopic (exact) mass is 272 g/mol. The molecule has 1 nitrogen and oxygen atoms in total. The SMILES string of the molecule is CCCC[NH2+]C[C@H](Br)CBr. The van der Waals surface area contributed by atoms with Crippen LogP contribution in [-0.4, -0.2) is 23.2 Å². The number of unbranched alkanes of at least 4 members (excludes halogenated alkanes) is 1. The van der Waals surface area contributed by atoms with Crippen LogP contribution in [0.4, 0.5) is 0 Å². The molecule has 62 valence electrons. The van der Waals surface area contributed by atoms with Gasteiger partial charge in [-0.2, -0.15) is 0 Å². The van der Waals surface area contributed by atoms with Crippen molar-refractivity contribution in [3.8, 4) is 0 Å². The van der Waals surface area contributed by atoms with E-state index in [1.807, 2.05) is 0 Å². The highest BCUT2D eigenvalue weighted by Gasteiger charge is 2.01. The fourth-order valence-electron chi connectivity index (χ4n) is 0.710. The van der Waals surface area contributed by atoms with Crippen LogP contribution in [0.15, 0.2) is 0 Å². The molecule has 3 heteroatoms. The summed E-state index contributed by atoms with van der Waals surface area (Å²) < 4.78 is 0. The molecular weight excluding hydrogens is 258 g/mol. The van der Waals surface area contributed by atoms with Crippen LogP contribution < -0.4 is 5.32 Å². The first kappa shape index (κ1) is 10.9. The molecule has 2 N–H and O–H groups in total. The summed E-state index contributed by atoms with van der Waals surface area (Å²) in [5.74, 6) is 0. The zero-order chi connectivity index (χ0) is 7.82. The largest absolute Gasteiger partial charge is 0.345 e. The van der Waals surface area contributed by atoms with Crippen molar-refractivity contribution in [2.75, 3.05) is 18.4 Å². The van der Waals surface area contributed by atoms with Gasteiger partial charge in [0.1, 0.15) is 0 Å². The molecule has 1 atom stereocenters. The van der Waals surface area contributed by atoms with Crippen molar-refractivity contribution in [3.05, 3.63) is 0 Å². The Morgan fingerprint density at radius 2 is 2.20 bits per heavy atom. The Kier molecular flexibility index (Phi) is 8.76. The summed E-state index contributed by atoms with van der Waals surface area (Å²) in [6, 6.07) is 0. The minimum absolute atomic E-state index is 0.629. The van der Waals surface area contributed by atoms with Crippen LogP contribution in [0.5, 0.6) is 0 Å². The van der Waals surface area contributed by atoms with Gasteiger partial charge < -0.3 is 5.32 Å². The maximum Gasteiger partial charge on any atom is 0.0890 e. The van der Waals surface area contributed by atoms with E-state index in [1.54, 1.807) is 0 Å². The Morgan fingerprint density at radius 3 is 2.70 bits per heavy atom. The van der Waals surface area contributed by atoms with Gasteiger partial charge in [-0.3, -0.25) is 0 Å². The summed E-state index contributed by atoms with van der Waals surface area (Å²) in [7, 11) is 0. The minimum atomic E-state index is 0.629. The van der Waals surface area contributed by atoms with Crippen molar-refractivity contribution in [2.24, 2.45) is 0 Å². The standard InChI is InChI=1S/C7H15Br2N/c1-2-3-4-10-6-7(9)5-8/h7,10H,2-6H2,1H3/p+1/t7-/m1/s1. The Balaban J connectivity index is 2.89. The first-order chi connectivity index (χ1) is 4.81. The van der Waals surface area contributed by atoms with Crippen LogP contribution in [0.3, 0.4) is 0 Å². The van der Waals surface area contributed by atoms with Crippen LogP contribution in [0, 0.1) is 0 Å². The zero-order valence-corrected chi connectivity index (χ0v) is 9.62. The van der Waals surface area contributed by atoms with Crippen molar-refractivity contribution >= 4 is 31.9 Å². The third-order valence-electron chi connectivity index (χ3n) is 1.35. The van der Waals surface area contributed by atoms with Crippen LogP contribution >= 0.6 is 31.9 Å². The Labute approximate surface area is 80.2 Å². The summed E-state index contributed by atoms with van der Waals surface area (Å²) in [6.45, 7) is 4.68. The van der Waals surface area contributed by atoms with Crippen LogP contribution in [0.25, 0.3) is 0 Å². The minimum Gasteiger partial charge on any atom is -0.345 e. The van der Waals surface area contributed by atoms with Gasteiger partial charge in [0, 0.05) is 5.33 Å². The number of rotatable bonds is 6. The molecular formula is C7H16Br2N+. The van der Waals surface area contributed by atoms with E-state index in [-0.39, 0.29) is 0 Å². The van der Waals surface area contributed by atoms with E-state index in [2.05, 4.69) is 44.1 Å². The summed E-state index contributed by atoms with van der Waals surface area (Å²) in [4.78, 5) is 0.629. The fourth-order valence-corrected chi connectivity index (χ4v) is 1.24. The molecule has 0 rings (SSSR count). The van der Waals surface area contributed by atoms with E-state index < -0.39 is 0 Å². The summed E-state index contributed by atoms with van der Waals surface area (Å²) in [5.41, 5.74) is 0. The van der Waals surface area contributed by atoms with E-state index in [0.29, 0.717) is 4.83 Å². The lowest BCUT2D eigenvalue weighted by Crippen LogP contribution is -2.86. The summed E-state index contributed by atoms with van der Waals surface area (Å²) in [6.07, 6.45) is 2.64. The molecule has 10 heavy (non-hydrogen) atoms. The number of hydrogen-bond donors (Lipinski definition) is 1. The number of alkyl halides is 2. The molecule has 0 aromatic heterocycles. The highest BCUT2D eigenvalue weighted by molar-refractivity contribution is 9.12. The molecule has 0 radical (unpaired) electrons. The number of quaternary nitrogens is 1. The summed E-state index contributed by atoms with van der Waals surface area (Å²) in [5, 5.41) is 3.42. The third kappa shape index (κ3) is 7.03. The smallest absolute Gasteiger partial charge is 0.0890 e. The van der Waals surface area contributed by atoms with Gasteiger partial charge in [0.25, 0.3) is 0 Å². The topological polar surface area (TPSA) is 16.6 Å². The van der Waals surface area contributed by atoms with Crippen LogP contribution in [0.1, 0.15) is 19.8 Å². The second-order valence-electron chi connectivity index (χ2n) is 2.42. The highest BCUT2D eigenvalue weighted by Crippen LogP contribution is 1.98. The maximum absolute atomic E-state index is 3.55. The van der Waals surface area contributed by atoms with Crippen molar-refractivity contribution in [2.45, 2.75) is 24.6 Å². The van der Waals surface area contributed by atoms with Gasteiger partial charge in [0.05, 0.1) is 17.9 Å². The molecule has 0 spiro atoms. The van der Waals surface area contributed by atoms with Crippen LogP contribution in [-0.2, 0) is 0 Å². The number of halogens is 2. The second-order valence-corrected chi connectivity index (χ2v) is 4.36. The fraction of sp³-hybridized carbons (Fsp3) is 1.00. The molecule has 0 amide bonds. The number of hydrogen-bond acceptors (Lipinski definition) is 0. The lowest BCUT2D eigenvalue weighted by Gasteiger charge is -2.03. The van der Waals surface area contributed by atoms with E-state index in [1.165, 1.54) is 25.9 Å². The van der Waals surface area contributed by atoms with E-state index >= 15 is 0 Å². The average molecular weight is 274 g/mol. The molecule has 0 saturated carbocycles. The molecule has 0 aliphatic heterocycles. The summed E-state index contributed by atoms with van der Waals surface area (Å²) >= 11 is 6.97. The van der Waals surface area contributed by atoms with Crippen LogP contribution in [0.2, 0.25) is 0 Å². The predicted molar refractivity (Wildman–Crippen MR) is 53.1 cm³/mol. The van der Waals surface area contributed by atoms with Crippen molar-refractivity contribution in [3.63, 3.8) is 0 Å². The molecule has 0 unspecified atom stereocenters. The van der Waals surface area contributed by atoms with Gasteiger partial charge in [-0.1, -0.05) is 45.2 Å². The molecule has 0 heterocycles. The van der Waals surface area contributed by atoms with Gasteiger partial charge >= 0.3 is 0 Å². The van der Waals surface area contributed by atoms with Crippen molar-refractivity contribution in [1.82, 2.24) is 0 Å².